The number of aliphatic hydroxyl groups is 1. The van der Waals surface area contributed by atoms with Gasteiger partial charge in [0, 0.05) is 6.04 Å². The highest BCUT2D eigenvalue weighted by molar-refractivity contribution is 9.11. The summed E-state index contributed by atoms with van der Waals surface area (Å²) in [6, 6.07) is 0.839. The van der Waals surface area contributed by atoms with Crippen LogP contribution in [0.1, 0.15) is 29.9 Å². The Kier molecular flexibility index (Phi) is 6.14. The fourth-order valence-electron chi connectivity index (χ4n) is 1.62. The van der Waals surface area contributed by atoms with Crippen molar-refractivity contribution in [3.8, 4) is 0 Å². The summed E-state index contributed by atoms with van der Waals surface area (Å²) in [5, 5.41) is 9.25. The third-order valence-corrected chi connectivity index (χ3v) is 6.20. The number of ether oxygens (including phenoxy) is 1. The monoisotopic (exact) mass is 385 g/mol. The number of sulfonamides is 1. The van der Waals surface area contributed by atoms with E-state index >= 15 is 0 Å². The lowest BCUT2D eigenvalue weighted by Crippen LogP contribution is -2.34. The van der Waals surface area contributed by atoms with Crippen molar-refractivity contribution in [1.82, 2.24) is 4.72 Å². The summed E-state index contributed by atoms with van der Waals surface area (Å²) in [4.78, 5) is 11.6. The SMILES string of the molecule is COC(=O)c1cc(S(=O)(=O)NC(C)CC(C)O)c(Br)s1. The second-order valence-electron chi connectivity index (χ2n) is 4.35. The van der Waals surface area contributed by atoms with Gasteiger partial charge >= 0.3 is 5.97 Å². The molecule has 0 radical (unpaired) electrons. The van der Waals surface area contributed by atoms with Crippen LogP contribution in [0.25, 0.3) is 0 Å². The van der Waals surface area contributed by atoms with E-state index in [0.717, 1.165) is 11.3 Å². The summed E-state index contributed by atoms with van der Waals surface area (Å²) in [5.74, 6) is -0.589. The van der Waals surface area contributed by atoms with Crippen molar-refractivity contribution in [2.45, 2.75) is 37.3 Å². The van der Waals surface area contributed by atoms with Gasteiger partial charge in [-0.25, -0.2) is 17.9 Å². The van der Waals surface area contributed by atoms with Crippen LogP contribution in [0.5, 0.6) is 0 Å². The maximum Gasteiger partial charge on any atom is 0.348 e. The zero-order valence-corrected chi connectivity index (χ0v) is 14.4. The molecule has 0 aliphatic rings. The van der Waals surface area contributed by atoms with Gasteiger partial charge in [-0.3, -0.25) is 0 Å². The number of aliphatic hydroxyl groups excluding tert-OH is 1. The zero-order valence-electron chi connectivity index (χ0n) is 11.2. The topological polar surface area (TPSA) is 92.7 Å². The quantitative estimate of drug-likeness (QED) is 0.727. The molecule has 1 aromatic rings. The smallest absolute Gasteiger partial charge is 0.348 e. The van der Waals surface area contributed by atoms with Crippen LogP contribution >= 0.6 is 27.3 Å². The summed E-state index contributed by atoms with van der Waals surface area (Å²) < 4.78 is 31.7. The molecule has 0 saturated carbocycles. The molecule has 0 aromatic carbocycles. The average Bonchev–Trinajstić information content (AvgIpc) is 2.69. The lowest BCUT2D eigenvalue weighted by molar-refractivity contribution is 0.0606. The maximum atomic E-state index is 12.2. The molecule has 0 aliphatic carbocycles. The number of nitrogens with one attached hydrogen (secondary N) is 1. The molecule has 2 N–H and O–H groups in total. The van der Waals surface area contributed by atoms with Crippen molar-refractivity contribution in [3.05, 3.63) is 14.7 Å². The highest BCUT2D eigenvalue weighted by Crippen LogP contribution is 2.32. The number of esters is 1. The molecule has 1 rings (SSSR count). The molecular weight excluding hydrogens is 370 g/mol. The molecule has 20 heavy (non-hydrogen) atoms. The first-order chi connectivity index (χ1) is 9.17. The van der Waals surface area contributed by atoms with Crippen LogP contribution in [-0.2, 0) is 14.8 Å². The molecule has 0 bridgehead atoms. The van der Waals surface area contributed by atoms with Gasteiger partial charge in [0.15, 0.2) is 0 Å². The number of hydrogen-bond acceptors (Lipinski definition) is 6. The van der Waals surface area contributed by atoms with Crippen LogP contribution in [0, 0.1) is 0 Å². The van der Waals surface area contributed by atoms with E-state index in [2.05, 4.69) is 25.4 Å². The van der Waals surface area contributed by atoms with Crippen LogP contribution in [0.2, 0.25) is 0 Å². The highest BCUT2D eigenvalue weighted by Gasteiger charge is 2.25. The Balaban J connectivity index is 2.98. The van der Waals surface area contributed by atoms with Gasteiger partial charge in [0.25, 0.3) is 0 Å². The Morgan fingerprint density at radius 3 is 2.65 bits per heavy atom. The fraction of sp³-hybridized carbons (Fsp3) is 0.545. The fourth-order valence-corrected chi connectivity index (χ4v) is 5.36. The molecule has 9 heteroatoms. The molecule has 0 amide bonds. The maximum absolute atomic E-state index is 12.2. The van der Waals surface area contributed by atoms with Crippen molar-refractivity contribution >= 4 is 43.3 Å². The molecule has 1 aromatic heterocycles. The molecule has 0 aliphatic heterocycles. The molecule has 2 atom stereocenters. The Morgan fingerprint density at radius 2 is 2.15 bits per heavy atom. The van der Waals surface area contributed by atoms with E-state index in [4.69, 9.17) is 0 Å². The summed E-state index contributed by atoms with van der Waals surface area (Å²) in [6.07, 6.45) is -0.311. The van der Waals surface area contributed by atoms with Gasteiger partial charge < -0.3 is 9.84 Å². The van der Waals surface area contributed by atoms with Crippen LogP contribution in [0.3, 0.4) is 0 Å². The second-order valence-corrected chi connectivity index (χ2v) is 8.40. The van der Waals surface area contributed by atoms with Crippen molar-refractivity contribution in [3.63, 3.8) is 0 Å². The lowest BCUT2D eigenvalue weighted by Gasteiger charge is -2.15. The van der Waals surface area contributed by atoms with E-state index in [0.29, 0.717) is 10.2 Å². The minimum atomic E-state index is -3.76. The Labute approximate surface area is 130 Å². The van der Waals surface area contributed by atoms with Gasteiger partial charge in [-0.05, 0) is 42.3 Å². The van der Waals surface area contributed by atoms with Gasteiger partial charge in [0.1, 0.15) is 9.77 Å². The van der Waals surface area contributed by atoms with Crippen LogP contribution in [0.15, 0.2) is 14.7 Å². The number of thiophene rings is 1. The summed E-state index contributed by atoms with van der Waals surface area (Å²) in [6.45, 7) is 3.24. The minimum absolute atomic E-state index is 0.0136. The van der Waals surface area contributed by atoms with E-state index in [-0.39, 0.29) is 9.77 Å². The van der Waals surface area contributed by atoms with Crippen molar-refractivity contribution in [2.24, 2.45) is 0 Å². The Hall–Kier alpha value is -0.480. The summed E-state index contributed by atoms with van der Waals surface area (Å²) >= 11 is 4.12. The standard InChI is InChI=1S/C11H16BrNO5S2/c1-6(4-7(2)14)13-20(16,17)9-5-8(11(15)18-3)19-10(9)12/h5-7,13-14H,4H2,1-3H3. The summed E-state index contributed by atoms with van der Waals surface area (Å²) in [5.41, 5.74) is 0. The second kappa shape index (κ2) is 6.99. The van der Waals surface area contributed by atoms with E-state index in [9.17, 15) is 18.3 Å². The predicted molar refractivity (Wildman–Crippen MR) is 79.4 cm³/mol. The predicted octanol–water partition coefficient (Wildman–Crippen LogP) is 1.73. The normalized spacial score (nSPS) is 14.8. The first-order valence-corrected chi connectivity index (χ1v) is 8.84. The molecule has 0 fully saturated rings. The first kappa shape index (κ1) is 17.6. The largest absolute Gasteiger partial charge is 0.465 e. The van der Waals surface area contributed by atoms with E-state index in [1.165, 1.54) is 13.2 Å². The molecule has 114 valence electrons. The number of rotatable bonds is 6. The Morgan fingerprint density at radius 1 is 1.55 bits per heavy atom. The molecule has 1 heterocycles. The zero-order chi connectivity index (χ0) is 15.5. The van der Waals surface area contributed by atoms with Crippen molar-refractivity contribution in [1.29, 1.82) is 0 Å². The average molecular weight is 386 g/mol. The van der Waals surface area contributed by atoms with E-state index in [1.54, 1.807) is 13.8 Å². The van der Waals surface area contributed by atoms with Gasteiger partial charge in [-0.2, -0.15) is 0 Å². The third kappa shape index (κ3) is 4.52. The number of methoxy groups -OCH3 is 1. The lowest BCUT2D eigenvalue weighted by atomic mass is 10.2. The number of carbonyl (C=O) groups excluding carboxylic acids is 1. The van der Waals surface area contributed by atoms with Crippen LogP contribution < -0.4 is 4.72 Å². The van der Waals surface area contributed by atoms with E-state index < -0.39 is 28.1 Å². The van der Waals surface area contributed by atoms with Crippen molar-refractivity contribution in [2.75, 3.05) is 7.11 Å². The summed E-state index contributed by atoms with van der Waals surface area (Å²) in [7, 11) is -2.53. The van der Waals surface area contributed by atoms with Crippen molar-refractivity contribution < 1.29 is 23.1 Å². The molecule has 0 spiro atoms. The van der Waals surface area contributed by atoms with Gasteiger partial charge in [0.2, 0.25) is 10.0 Å². The minimum Gasteiger partial charge on any atom is -0.465 e. The molecule has 2 unspecified atom stereocenters. The van der Waals surface area contributed by atoms with Crippen LogP contribution in [-0.4, -0.2) is 38.7 Å². The van der Waals surface area contributed by atoms with E-state index in [1.807, 2.05) is 0 Å². The molecule has 0 saturated heterocycles. The van der Waals surface area contributed by atoms with Gasteiger partial charge in [0.05, 0.1) is 17.0 Å². The Bertz CT molecular complexity index is 582. The first-order valence-electron chi connectivity index (χ1n) is 5.75. The number of halogens is 1. The molecule has 6 nitrogen and oxygen atoms in total. The highest BCUT2D eigenvalue weighted by atomic mass is 79.9. The number of hydrogen-bond donors (Lipinski definition) is 2. The number of carbonyl (C=O) groups is 1. The molecular formula is C11H16BrNO5S2. The third-order valence-electron chi connectivity index (χ3n) is 2.38. The van der Waals surface area contributed by atoms with Gasteiger partial charge in [-0.15, -0.1) is 11.3 Å². The van der Waals surface area contributed by atoms with Gasteiger partial charge in [-0.1, -0.05) is 0 Å². The van der Waals surface area contributed by atoms with Crippen LogP contribution in [0.4, 0.5) is 0 Å².